The fraction of sp³-hybridized carbons (Fsp3) is 0.267. The number of para-hydroxylation sites is 1. The van der Waals surface area contributed by atoms with Gasteiger partial charge in [0.1, 0.15) is 4.70 Å². The smallest absolute Gasteiger partial charge is 0.370 e. The third-order valence-corrected chi connectivity index (χ3v) is 8.57. The molecule has 4 aromatic rings. The van der Waals surface area contributed by atoms with E-state index in [1.165, 1.54) is 48.1 Å². The van der Waals surface area contributed by atoms with Crippen LogP contribution in [0, 0.1) is 0 Å². The van der Waals surface area contributed by atoms with E-state index in [4.69, 9.17) is 0 Å². The number of carboxylic acids is 1. The molecule has 1 aromatic heterocycles. The zero-order valence-corrected chi connectivity index (χ0v) is 22.4. The van der Waals surface area contributed by atoms with Gasteiger partial charge in [0.15, 0.2) is 0 Å². The summed E-state index contributed by atoms with van der Waals surface area (Å²) in [4.78, 5) is 14.1. The average molecular weight is 562 g/mol. The molecule has 2 aliphatic rings. The van der Waals surface area contributed by atoms with Crippen molar-refractivity contribution in [2.75, 3.05) is 4.90 Å². The zero-order valence-electron chi connectivity index (χ0n) is 20.0. The van der Waals surface area contributed by atoms with Gasteiger partial charge in [0.25, 0.3) is 5.01 Å². The highest BCUT2D eigenvalue weighted by atomic mass is 79.9. The minimum absolute atomic E-state index is 0. The molecular formula is C30H29BrN2O2S. The fourth-order valence-electron chi connectivity index (χ4n) is 5.89. The molecule has 1 aliphatic heterocycles. The maximum atomic E-state index is 11.5. The number of hydrogen-bond acceptors (Lipinski definition) is 3. The van der Waals surface area contributed by atoms with Crippen LogP contribution in [0.5, 0.6) is 0 Å². The maximum Gasteiger partial charge on any atom is 0.370 e. The second kappa shape index (κ2) is 10.6. The highest BCUT2D eigenvalue weighted by Crippen LogP contribution is 2.48. The van der Waals surface area contributed by atoms with Gasteiger partial charge >= 0.3 is 5.97 Å². The van der Waals surface area contributed by atoms with Crippen molar-refractivity contribution in [1.29, 1.82) is 0 Å². The molecule has 1 aliphatic carbocycles. The molecule has 1 saturated carbocycles. The van der Waals surface area contributed by atoms with Crippen molar-refractivity contribution in [1.82, 2.24) is 0 Å². The molecule has 0 spiro atoms. The molecule has 0 saturated heterocycles. The molecule has 0 amide bonds. The molecule has 184 valence electrons. The van der Waals surface area contributed by atoms with Crippen LogP contribution in [0.4, 0.5) is 5.69 Å². The first-order valence-corrected chi connectivity index (χ1v) is 13.2. The van der Waals surface area contributed by atoms with Gasteiger partial charge in [-0.1, -0.05) is 72.7 Å². The van der Waals surface area contributed by atoms with E-state index < -0.39 is 5.97 Å². The van der Waals surface area contributed by atoms with Crippen molar-refractivity contribution in [3.8, 4) is 0 Å². The van der Waals surface area contributed by atoms with E-state index in [2.05, 4.69) is 71.6 Å². The molecule has 4 nitrogen and oxygen atoms in total. The van der Waals surface area contributed by atoms with Crippen LogP contribution in [0.15, 0.2) is 72.8 Å². The van der Waals surface area contributed by atoms with Gasteiger partial charge in [0, 0.05) is 36.3 Å². The van der Waals surface area contributed by atoms with Crippen LogP contribution >= 0.6 is 11.3 Å². The van der Waals surface area contributed by atoms with Crippen LogP contribution in [-0.4, -0.2) is 17.1 Å². The van der Waals surface area contributed by atoms with Crippen LogP contribution in [0.3, 0.4) is 0 Å². The Morgan fingerprint density at radius 2 is 1.78 bits per heavy atom. The van der Waals surface area contributed by atoms with Crippen molar-refractivity contribution in [2.45, 2.75) is 50.7 Å². The number of fused-ring (bicyclic) bond motifs is 4. The van der Waals surface area contributed by atoms with Crippen LogP contribution in [-0.2, 0) is 17.9 Å². The summed E-state index contributed by atoms with van der Waals surface area (Å²) in [5, 5.41) is 10.4. The van der Waals surface area contributed by atoms with E-state index >= 15 is 0 Å². The fourth-order valence-corrected chi connectivity index (χ4v) is 6.95. The highest BCUT2D eigenvalue weighted by Gasteiger charge is 2.39. The van der Waals surface area contributed by atoms with Crippen LogP contribution < -0.4 is 26.4 Å². The zero-order chi connectivity index (χ0) is 23.8. The number of aromatic nitrogens is 1. The number of carbonyl (C=O) groups is 1. The van der Waals surface area contributed by atoms with Crippen molar-refractivity contribution < 1.29 is 31.4 Å². The highest BCUT2D eigenvalue weighted by molar-refractivity contribution is 7.18. The predicted molar refractivity (Wildman–Crippen MR) is 143 cm³/mol. The van der Waals surface area contributed by atoms with E-state index in [0.29, 0.717) is 12.0 Å². The summed E-state index contributed by atoms with van der Waals surface area (Å²) in [6, 6.07) is 26.3. The summed E-state index contributed by atoms with van der Waals surface area (Å²) in [5.41, 5.74) is 6.36. The van der Waals surface area contributed by atoms with E-state index in [0.717, 1.165) is 21.8 Å². The van der Waals surface area contributed by atoms with Crippen molar-refractivity contribution in [2.24, 2.45) is 0 Å². The van der Waals surface area contributed by atoms with Gasteiger partial charge in [-0.3, -0.25) is 0 Å². The van der Waals surface area contributed by atoms with E-state index in [9.17, 15) is 9.90 Å². The summed E-state index contributed by atoms with van der Waals surface area (Å²) in [7, 11) is 0. The molecule has 2 heterocycles. The quantitative estimate of drug-likeness (QED) is 0.367. The molecule has 0 radical (unpaired) electrons. The summed E-state index contributed by atoms with van der Waals surface area (Å²) in [6.45, 7) is 0.924. The summed E-state index contributed by atoms with van der Waals surface area (Å²) in [6.07, 6.45) is 9.34. The van der Waals surface area contributed by atoms with Gasteiger partial charge in [-0.15, -0.1) is 0 Å². The largest absolute Gasteiger partial charge is 1.00 e. The molecule has 2 unspecified atom stereocenters. The SMILES string of the molecule is O=C(O)C[n+]1c(/C=C/c2ccc3c(c2)C2CCCCC2N3Cc2ccccc2)sc2ccccc21.[Br-]. The Balaban J connectivity index is 0.00000267. The Morgan fingerprint density at radius 1 is 1.00 bits per heavy atom. The monoisotopic (exact) mass is 560 g/mol. The van der Waals surface area contributed by atoms with Gasteiger partial charge in [0.2, 0.25) is 12.1 Å². The topological polar surface area (TPSA) is 44.4 Å². The Bertz CT molecular complexity index is 1420. The van der Waals surface area contributed by atoms with Gasteiger partial charge in [-0.25, -0.2) is 4.79 Å². The Kier molecular flexibility index (Phi) is 7.26. The summed E-state index contributed by atoms with van der Waals surface area (Å²) < 4.78 is 2.99. The first kappa shape index (κ1) is 24.7. The molecule has 1 fully saturated rings. The van der Waals surface area contributed by atoms with Gasteiger partial charge in [-0.05, 0) is 53.8 Å². The standard InChI is InChI=1S/C30H28N2O2S.BrH/c33-30(34)20-32-27-12-6-7-13-28(27)35-29(32)17-15-21-14-16-26-24(18-21)23-10-4-5-11-25(23)31(26)19-22-8-2-1-3-9-22;/h1-3,6-9,12-18,23,25H,4-5,10-11,19-20H2;1H. The molecule has 1 N–H and O–H groups in total. The first-order chi connectivity index (χ1) is 17.2. The Labute approximate surface area is 226 Å². The lowest BCUT2D eigenvalue weighted by Gasteiger charge is -2.33. The predicted octanol–water partition coefficient (Wildman–Crippen LogP) is 3.49. The lowest BCUT2D eigenvalue weighted by atomic mass is 9.82. The Hall–Kier alpha value is -2.96. The number of benzene rings is 3. The number of thiazole rings is 1. The summed E-state index contributed by atoms with van der Waals surface area (Å²) >= 11 is 1.64. The minimum atomic E-state index is -0.826. The number of aliphatic carboxylic acids is 1. The van der Waals surface area contributed by atoms with Gasteiger partial charge in [0.05, 0.1) is 0 Å². The number of carboxylic acid groups (broad SMARTS) is 1. The number of halogens is 1. The van der Waals surface area contributed by atoms with Gasteiger partial charge < -0.3 is 27.0 Å². The second-order valence-electron chi connectivity index (χ2n) is 9.61. The molecular weight excluding hydrogens is 532 g/mol. The first-order valence-electron chi connectivity index (χ1n) is 12.4. The van der Waals surface area contributed by atoms with Crippen molar-refractivity contribution >= 4 is 45.4 Å². The molecule has 36 heavy (non-hydrogen) atoms. The third-order valence-electron chi connectivity index (χ3n) is 7.43. The van der Waals surface area contributed by atoms with Crippen LogP contribution in [0.1, 0.15) is 53.3 Å². The number of anilines is 1. The van der Waals surface area contributed by atoms with Crippen molar-refractivity contribution in [3.05, 3.63) is 94.5 Å². The van der Waals surface area contributed by atoms with Gasteiger partial charge in [-0.2, -0.15) is 4.57 Å². The Morgan fingerprint density at radius 3 is 2.61 bits per heavy atom. The lowest BCUT2D eigenvalue weighted by Crippen LogP contribution is -3.00. The van der Waals surface area contributed by atoms with E-state index in [1.54, 1.807) is 11.3 Å². The lowest BCUT2D eigenvalue weighted by molar-refractivity contribution is -0.657. The summed E-state index contributed by atoms with van der Waals surface area (Å²) in [5.74, 6) is -0.232. The van der Waals surface area contributed by atoms with Crippen molar-refractivity contribution in [3.63, 3.8) is 0 Å². The average Bonchev–Trinajstić information content (AvgIpc) is 3.38. The molecule has 6 heteroatoms. The normalized spacial score (nSPS) is 18.7. The number of rotatable bonds is 6. The molecule has 0 bridgehead atoms. The molecule has 3 aromatic carbocycles. The van der Waals surface area contributed by atoms with E-state index in [-0.39, 0.29) is 23.5 Å². The van der Waals surface area contributed by atoms with Crippen LogP contribution in [0.25, 0.3) is 22.4 Å². The number of hydrogen-bond donors (Lipinski definition) is 1. The maximum absolute atomic E-state index is 11.5. The minimum Gasteiger partial charge on any atom is -1.00 e. The molecule has 2 atom stereocenters. The molecule has 6 rings (SSSR count). The number of nitrogens with zero attached hydrogens (tertiary/aromatic N) is 2. The second-order valence-corrected chi connectivity index (χ2v) is 10.7. The van der Waals surface area contributed by atoms with E-state index in [1.807, 2.05) is 22.8 Å². The third kappa shape index (κ3) is 4.72. The van der Waals surface area contributed by atoms with Crippen LogP contribution in [0.2, 0.25) is 0 Å².